The first-order valence-corrected chi connectivity index (χ1v) is 9.80. The molecular weight excluding hydrogens is 482 g/mol. The fraction of sp³-hybridized carbons (Fsp3) is 0.263. The molecule has 0 bridgehead atoms. The van der Waals surface area contributed by atoms with Gasteiger partial charge in [0.2, 0.25) is 0 Å². The lowest BCUT2D eigenvalue weighted by atomic mass is 10.1. The summed E-state index contributed by atoms with van der Waals surface area (Å²) in [5.74, 6) is 0.352. The van der Waals surface area contributed by atoms with Gasteiger partial charge in [-0.2, -0.15) is 0 Å². The Kier molecular flexibility index (Phi) is 6.38. The van der Waals surface area contributed by atoms with Crippen LogP contribution in [-0.2, 0) is 20.7 Å². The van der Waals surface area contributed by atoms with Gasteiger partial charge in [0.1, 0.15) is 13.2 Å². The van der Waals surface area contributed by atoms with Crippen LogP contribution in [0.5, 0.6) is 11.5 Å². The van der Waals surface area contributed by atoms with E-state index in [1.54, 1.807) is 18.2 Å². The zero-order valence-corrected chi connectivity index (χ0v) is 17.7. The Hall–Kier alpha value is -2.06. The van der Waals surface area contributed by atoms with Crippen LogP contribution in [0.4, 0.5) is 5.69 Å². The second-order valence-electron chi connectivity index (χ2n) is 5.97. The standard InChI is InChI=1S/C19H17Br2NO5/c1-11-6-13(20)19(14(21)7-11)22-17(23)10-27-18(24)9-12-2-3-15-16(8-12)26-5-4-25-15/h2-3,6-8H,4-5,9-10H2,1H3,(H,22,23). The number of amides is 1. The van der Waals surface area contributed by atoms with E-state index in [4.69, 9.17) is 14.2 Å². The smallest absolute Gasteiger partial charge is 0.310 e. The van der Waals surface area contributed by atoms with Crippen LogP contribution in [0.25, 0.3) is 0 Å². The van der Waals surface area contributed by atoms with E-state index in [2.05, 4.69) is 37.2 Å². The zero-order valence-electron chi connectivity index (χ0n) is 14.5. The summed E-state index contributed by atoms with van der Waals surface area (Å²) in [6.07, 6.45) is 0.0435. The summed E-state index contributed by atoms with van der Waals surface area (Å²) in [6, 6.07) is 9.05. The van der Waals surface area contributed by atoms with Crippen molar-refractivity contribution in [2.45, 2.75) is 13.3 Å². The molecule has 0 saturated carbocycles. The van der Waals surface area contributed by atoms with Gasteiger partial charge in [-0.25, -0.2) is 0 Å². The topological polar surface area (TPSA) is 73.9 Å². The van der Waals surface area contributed by atoms with E-state index in [9.17, 15) is 9.59 Å². The zero-order chi connectivity index (χ0) is 19.4. The molecule has 1 N–H and O–H groups in total. The molecule has 1 amide bonds. The van der Waals surface area contributed by atoms with Crippen LogP contribution in [0, 0.1) is 6.92 Å². The van der Waals surface area contributed by atoms with Gasteiger partial charge in [0.25, 0.3) is 5.91 Å². The van der Waals surface area contributed by atoms with Gasteiger partial charge in [0.05, 0.1) is 12.1 Å². The van der Waals surface area contributed by atoms with Crippen molar-refractivity contribution in [3.63, 3.8) is 0 Å². The molecule has 142 valence electrons. The summed E-state index contributed by atoms with van der Waals surface area (Å²) < 4.78 is 17.5. The van der Waals surface area contributed by atoms with Crippen LogP contribution >= 0.6 is 31.9 Å². The van der Waals surface area contributed by atoms with Gasteiger partial charge in [-0.3, -0.25) is 9.59 Å². The maximum atomic E-state index is 12.1. The van der Waals surface area contributed by atoms with Crippen LogP contribution in [0.15, 0.2) is 39.3 Å². The van der Waals surface area contributed by atoms with Crippen molar-refractivity contribution in [1.82, 2.24) is 0 Å². The maximum Gasteiger partial charge on any atom is 0.310 e. The second-order valence-corrected chi connectivity index (χ2v) is 7.68. The van der Waals surface area contributed by atoms with Crippen molar-refractivity contribution in [3.8, 4) is 11.5 Å². The normalized spacial score (nSPS) is 12.4. The van der Waals surface area contributed by atoms with Gasteiger partial charge >= 0.3 is 5.97 Å². The quantitative estimate of drug-likeness (QED) is 0.630. The first kappa shape index (κ1) is 19.7. The Morgan fingerprint density at radius 2 is 1.74 bits per heavy atom. The molecular formula is C19H17Br2NO5. The lowest BCUT2D eigenvalue weighted by molar-refractivity contribution is -0.146. The Balaban J connectivity index is 1.52. The average molecular weight is 499 g/mol. The van der Waals surface area contributed by atoms with Crippen LogP contribution < -0.4 is 14.8 Å². The SMILES string of the molecule is Cc1cc(Br)c(NC(=O)COC(=O)Cc2ccc3c(c2)OCCO3)c(Br)c1. The number of nitrogens with one attached hydrogen (secondary N) is 1. The van der Waals surface area contributed by atoms with E-state index in [1.165, 1.54) is 0 Å². The predicted octanol–water partition coefficient (Wildman–Crippen LogP) is 4.02. The van der Waals surface area contributed by atoms with E-state index in [1.807, 2.05) is 19.1 Å². The fourth-order valence-corrected chi connectivity index (χ4v) is 4.17. The third-order valence-corrected chi connectivity index (χ3v) is 5.02. The molecule has 0 radical (unpaired) electrons. The summed E-state index contributed by atoms with van der Waals surface area (Å²) in [6.45, 7) is 2.57. The van der Waals surface area contributed by atoms with E-state index in [0.29, 0.717) is 30.4 Å². The molecule has 1 aliphatic heterocycles. The molecule has 0 aliphatic carbocycles. The maximum absolute atomic E-state index is 12.1. The Bertz CT molecular complexity index is 861. The lowest BCUT2D eigenvalue weighted by Crippen LogP contribution is -2.22. The molecule has 0 unspecified atom stereocenters. The molecule has 27 heavy (non-hydrogen) atoms. The largest absolute Gasteiger partial charge is 0.486 e. The highest BCUT2D eigenvalue weighted by Gasteiger charge is 2.15. The average Bonchev–Trinajstić information content (AvgIpc) is 2.63. The second kappa shape index (κ2) is 8.75. The Morgan fingerprint density at radius 1 is 1.07 bits per heavy atom. The van der Waals surface area contributed by atoms with Gasteiger partial charge in [0, 0.05) is 8.95 Å². The number of hydrogen-bond donors (Lipinski definition) is 1. The molecule has 8 heteroatoms. The number of halogens is 2. The van der Waals surface area contributed by atoms with E-state index >= 15 is 0 Å². The van der Waals surface area contributed by atoms with Crippen molar-refractivity contribution in [3.05, 3.63) is 50.4 Å². The molecule has 0 fully saturated rings. The minimum absolute atomic E-state index is 0.0435. The first-order chi connectivity index (χ1) is 12.9. The number of rotatable bonds is 5. The van der Waals surface area contributed by atoms with Crippen LogP contribution in [0.1, 0.15) is 11.1 Å². The number of ether oxygens (including phenoxy) is 3. The highest BCUT2D eigenvalue weighted by molar-refractivity contribution is 9.11. The fourth-order valence-electron chi connectivity index (χ4n) is 2.56. The summed E-state index contributed by atoms with van der Waals surface area (Å²) >= 11 is 6.81. The number of fused-ring (bicyclic) bond motifs is 1. The van der Waals surface area contributed by atoms with Gasteiger partial charge in [-0.05, 0) is 74.2 Å². The molecule has 0 aromatic heterocycles. The number of hydrogen-bond acceptors (Lipinski definition) is 5. The van der Waals surface area contributed by atoms with Crippen LogP contribution in [0.3, 0.4) is 0 Å². The first-order valence-electron chi connectivity index (χ1n) is 8.22. The van der Waals surface area contributed by atoms with Crippen LogP contribution in [0.2, 0.25) is 0 Å². The van der Waals surface area contributed by atoms with Gasteiger partial charge in [0.15, 0.2) is 18.1 Å². The Labute approximate surface area is 173 Å². The number of esters is 1. The summed E-state index contributed by atoms with van der Waals surface area (Å²) in [7, 11) is 0. The summed E-state index contributed by atoms with van der Waals surface area (Å²) in [5.41, 5.74) is 2.36. The number of anilines is 1. The molecule has 2 aromatic rings. The number of aryl methyl sites for hydroxylation is 1. The van der Waals surface area contributed by atoms with Gasteiger partial charge in [-0.1, -0.05) is 6.07 Å². The van der Waals surface area contributed by atoms with E-state index in [-0.39, 0.29) is 13.0 Å². The van der Waals surface area contributed by atoms with Crippen molar-refractivity contribution in [1.29, 1.82) is 0 Å². The van der Waals surface area contributed by atoms with Crippen molar-refractivity contribution >= 4 is 49.4 Å². The summed E-state index contributed by atoms with van der Waals surface area (Å²) in [4.78, 5) is 24.1. The molecule has 1 heterocycles. The third kappa shape index (κ3) is 5.23. The lowest BCUT2D eigenvalue weighted by Gasteiger charge is -2.18. The van der Waals surface area contributed by atoms with E-state index < -0.39 is 11.9 Å². The van der Waals surface area contributed by atoms with E-state index in [0.717, 1.165) is 20.1 Å². The number of benzene rings is 2. The summed E-state index contributed by atoms with van der Waals surface area (Å²) in [5, 5.41) is 2.72. The van der Waals surface area contributed by atoms with Gasteiger partial charge in [-0.15, -0.1) is 0 Å². The molecule has 3 rings (SSSR count). The van der Waals surface area contributed by atoms with Crippen LogP contribution in [-0.4, -0.2) is 31.7 Å². The van der Waals surface area contributed by atoms with Gasteiger partial charge < -0.3 is 19.5 Å². The highest BCUT2D eigenvalue weighted by atomic mass is 79.9. The highest BCUT2D eigenvalue weighted by Crippen LogP contribution is 2.32. The molecule has 0 saturated heterocycles. The molecule has 0 spiro atoms. The third-order valence-electron chi connectivity index (χ3n) is 3.77. The monoisotopic (exact) mass is 497 g/mol. The molecule has 0 atom stereocenters. The predicted molar refractivity (Wildman–Crippen MR) is 107 cm³/mol. The van der Waals surface area contributed by atoms with Crippen molar-refractivity contribution in [2.75, 3.05) is 25.1 Å². The van der Waals surface area contributed by atoms with Crippen molar-refractivity contribution in [2.24, 2.45) is 0 Å². The molecule has 1 aliphatic rings. The Morgan fingerprint density at radius 3 is 2.44 bits per heavy atom. The minimum atomic E-state index is -0.496. The van der Waals surface area contributed by atoms with Crippen molar-refractivity contribution < 1.29 is 23.8 Å². The number of carbonyl (C=O) groups excluding carboxylic acids is 2. The number of carbonyl (C=O) groups is 2. The minimum Gasteiger partial charge on any atom is -0.486 e. The molecule has 2 aromatic carbocycles. The molecule has 6 nitrogen and oxygen atoms in total.